The summed E-state index contributed by atoms with van der Waals surface area (Å²) in [5, 5.41) is 9.14. The molecule has 1 N–H and O–H groups in total. The SMILES string of the molecule is CC(Br)C(=O)c1cc(O)ccc1C(F)F. The van der Waals surface area contributed by atoms with Crippen LogP contribution in [0.15, 0.2) is 18.2 Å². The summed E-state index contributed by atoms with van der Waals surface area (Å²) in [6.45, 7) is 1.54. The van der Waals surface area contributed by atoms with Crippen LogP contribution in [0.2, 0.25) is 0 Å². The van der Waals surface area contributed by atoms with Crippen molar-refractivity contribution in [2.24, 2.45) is 0 Å². The molecule has 1 rings (SSSR count). The Hall–Kier alpha value is -0.970. The lowest BCUT2D eigenvalue weighted by Crippen LogP contribution is -2.12. The van der Waals surface area contributed by atoms with Gasteiger partial charge in [-0.25, -0.2) is 8.78 Å². The molecular weight excluding hydrogens is 270 g/mol. The summed E-state index contributed by atoms with van der Waals surface area (Å²) in [4.78, 5) is 11.0. The van der Waals surface area contributed by atoms with Crippen molar-refractivity contribution >= 4 is 21.7 Å². The standard InChI is InChI=1S/C10H9BrF2O2/c1-5(11)9(15)8-4-6(14)2-3-7(8)10(12)13/h2-5,10,14H,1H3. The summed E-state index contributed by atoms with van der Waals surface area (Å²) in [6, 6.07) is 3.25. The minimum Gasteiger partial charge on any atom is -0.508 e. The summed E-state index contributed by atoms with van der Waals surface area (Å²) in [5.74, 6) is -0.669. The molecule has 15 heavy (non-hydrogen) atoms. The Bertz CT molecular complexity index is 378. The molecule has 1 atom stereocenters. The largest absolute Gasteiger partial charge is 0.508 e. The van der Waals surface area contributed by atoms with Crippen molar-refractivity contribution in [1.29, 1.82) is 0 Å². The third-order valence-corrected chi connectivity index (χ3v) is 2.31. The van der Waals surface area contributed by atoms with Gasteiger partial charge in [-0.2, -0.15) is 0 Å². The Kier molecular flexibility index (Phi) is 3.79. The normalized spacial score (nSPS) is 12.9. The predicted molar refractivity (Wildman–Crippen MR) is 55.8 cm³/mol. The van der Waals surface area contributed by atoms with Gasteiger partial charge >= 0.3 is 0 Å². The van der Waals surface area contributed by atoms with Gasteiger partial charge in [0.05, 0.1) is 4.83 Å². The van der Waals surface area contributed by atoms with Gasteiger partial charge in [-0.05, 0) is 25.1 Å². The lowest BCUT2D eigenvalue weighted by molar-refractivity contribution is 0.0981. The molecule has 1 unspecified atom stereocenters. The third kappa shape index (κ3) is 2.75. The lowest BCUT2D eigenvalue weighted by Gasteiger charge is -2.09. The summed E-state index contributed by atoms with van der Waals surface area (Å²) in [7, 11) is 0. The smallest absolute Gasteiger partial charge is 0.264 e. The van der Waals surface area contributed by atoms with E-state index < -0.39 is 17.0 Å². The van der Waals surface area contributed by atoms with Crippen LogP contribution in [-0.4, -0.2) is 15.7 Å². The number of carbonyl (C=O) groups is 1. The Balaban J connectivity index is 3.24. The fourth-order valence-corrected chi connectivity index (χ4v) is 1.41. The molecule has 0 amide bonds. The van der Waals surface area contributed by atoms with Crippen LogP contribution < -0.4 is 0 Å². The van der Waals surface area contributed by atoms with Crippen LogP contribution in [0, 0.1) is 0 Å². The van der Waals surface area contributed by atoms with Crippen LogP contribution in [-0.2, 0) is 0 Å². The molecule has 0 aliphatic heterocycles. The number of hydrogen-bond acceptors (Lipinski definition) is 2. The quantitative estimate of drug-likeness (QED) is 0.681. The zero-order valence-corrected chi connectivity index (χ0v) is 9.46. The van der Waals surface area contributed by atoms with Crippen LogP contribution in [0.3, 0.4) is 0 Å². The summed E-state index contributed by atoms with van der Waals surface area (Å²) in [5.41, 5.74) is -0.501. The van der Waals surface area contributed by atoms with E-state index in [0.29, 0.717) is 0 Å². The molecular formula is C10H9BrF2O2. The Morgan fingerprint density at radius 2 is 2.07 bits per heavy atom. The van der Waals surface area contributed by atoms with Gasteiger partial charge < -0.3 is 5.11 Å². The number of phenols is 1. The maximum atomic E-state index is 12.5. The van der Waals surface area contributed by atoms with E-state index in [1.807, 2.05) is 0 Å². The average molecular weight is 279 g/mol. The van der Waals surface area contributed by atoms with Crippen molar-refractivity contribution in [3.63, 3.8) is 0 Å². The molecule has 1 aromatic carbocycles. The van der Waals surface area contributed by atoms with E-state index in [-0.39, 0.29) is 16.9 Å². The highest BCUT2D eigenvalue weighted by Gasteiger charge is 2.21. The Morgan fingerprint density at radius 3 is 2.53 bits per heavy atom. The van der Waals surface area contributed by atoms with Crippen molar-refractivity contribution < 1.29 is 18.7 Å². The van der Waals surface area contributed by atoms with Crippen molar-refractivity contribution in [2.45, 2.75) is 18.2 Å². The van der Waals surface area contributed by atoms with Crippen LogP contribution in [0.4, 0.5) is 8.78 Å². The minimum absolute atomic E-state index is 0.144. The van der Waals surface area contributed by atoms with Gasteiger partial charge in [0.15, 0.2) is 5.78 Å². The lowest BCUT2D eigenvalue weighted by atomic mass is 10.0. The minimum atomic E-state index is -2.73. The first-order valence-corrected chi connectivity index (χ1v) is 5.14. The van der Waals surface area contributed by atoms with Crippen molar-refractivity contribution in [3.8, 4) is 5.75 Å². The first-order valence-electron chi connectivity index (χ1n) is 4.23. The van der Waals surface area contributed by atoms with Crippen LogP contribution in [0.5, 0.6) is 5.75 Å². The second kappa shape index (κ2) is 4.70. The highest BCUT2D eigenvalue weighted by atomic mass is 79.9. The molecule has 2 nitrogen and oxygen atoms in total. The number of aromatic hydroxyl groups is 1. The molecule has 0 aliphatic rings. The highest BCUT2D eigenvalue weighted by Crippen LogP contribution is 2.27. The van der Waals surface area contributed by atoms with E-state index in [2.05, 4.69) is 15.9 Å². The number of benzene rings is 1. The molecule has 0 saturated heterocycles. The molecule has 0 saturated carbocycles. The van der Waals surface area contributed by atoms with Crippen LogP contribution in [0.1, 0.15) is 29.3 Å². The third-order valence-electron chi connectivity index (χ3n) is 1.90. The number of hydrogen-bond donors (Lipinski definition) is 1. The van der Waals surface area contributed by atoms with Crippen molar-refractivity contribution in [3.05, 3.63) is 29.3 Å². The maximum Gasteiger partial charge on any atom is 0.264 e. The summed E-state index contributed by atoms with van der Waals surface area (Å²) in [6.07, 6.45) is -2.73. The predicted octanol–water partition coefficient (Wildman–Crippen LogP) is 3.30. The van der Waals surface area contributed by atoms with E-state index in [0.717, 1.165) is 18.2 Å². The van der Waals surface area contributed by atoms with E-state index in [4.69, 9.17) is 5.11 Å². The van der Waals surface area contributed by atoms with Crippen LogP contribution in [0.25, 0.3) is 0 Å². The number of phenolic OH excluding ortho intramolecular Hbond substituents is 1. The van der Waals surface area contributed by atoms with Gasteiger partial charge in [0.2, 0.25) is 0 Å². The molecule has 82 valence electrons. The average Bonchev–Trinajstić information content (AvgIpc) is 2.15. The molecule has 0 fully saturated rings. The van der Waals surface area contributed by atoms with E-state index in [1.54, 1.807) is 6.92 Å². The monoisotopic (exact) mass is 278 g/mol. The van der Waals surface area contributed by atoms with Gasteiger partial charge in [-0.1, -0.05) is 15.9 Å². The fraction of sp³-hybridized carbons (Fsp3) is 0.300. The van der Waals surface area contributed by atoms with Crippen LogP contribution >= 0.6 is 15.9 Å². The second-order valence-corrected chi connectivity index (χ2v) is 4.43. The van der Waals surface area contributed by atoms with Gasteiger partial charge in [-0.15, -0.1) is 0 Å². The molecule has 5 heteroatoms. The molecule has 0 spiro atoms. The molecule has 0 aromatic heterocycles. The first kappa shape index (κ1) is 12.1. The summed E-state index contributed by atoms with van der Waals surface area (Å²) < 4.78 is 25.1. The highest BCUT2D eigenvalue weighted by molar-refractivity contribution is 9.10. The van der Waals surface area contributed by atoms with E-state index in [9.17, 15) is 13.6 Å². The van der Waals surface area contributed by atoms with Crippen molar-refractivity contribution in [1.82, 2.24) is 0 Å². The Morgan fingerprint density at radius 1 is 1.47 bits per heavy atom. The Labute approximate surface area is 94.0 Å². The number of rotatable bonds is 3. The number of ketones is 1. The van der Waals surface area contributed by atoms with Gasteiger partial charge in [0.25, 0.3) is 6.43 Å². The summed E-state index contributed by atoms with van der Waals surface area (Å²) >= 11 is 3.01. The first-order chi connectivity index (χ1) is 6.93. The van der Waals surface area contributed by atoms with Gasteiger partial charge in [0.1, 0.15) is 5.75 Å². The zero-order valence-electron chi connectivity index (χ0n) is 7.88. The number of carbonyl (C=O) groups excluding carboxylic acids is 1. The van der Waals surface area contributed by atoms with Crippen molar-refractivity contribution in [2.75, 3.05) is 0 Å². The number of alkyl halides is 3. The number of Topliss-reactive ketones (excluding diaryl/α,β-unsaturated/α-hetero) is 1. The maximum absolute atomic E-state index is 12.5. The number of halogens is 3. The molecule has 0 heterocycles. The van der Waals surface area contributed by atoms with Gasteiger partial charge in [-0.3, -0.25) is 4.79 Å². The topological polar surface area (TPSA) is 37.3 Å². The van der Waals surface area contributed by atoms with Gasteiger partial charge in [0, 0.05) is 11.1 Å². The molecule has 0 radical (unpaired) electrons. The fourth-order valence-electron chi connectivity index (χ4n) is 1.16. The molecule has 1 aromatic rings. The second-order valence-electron chi connectivity index (χ2n) is 3.05. The zero-order chi connectivity index (χ0) is 11.6. The van der Waals surface area contributed by atoms with E-state index >= 15 is 0 Å². The van der Waals surface area contributed by atoms with E-state index in [1.165, 1.54) is 0 Å². The molecule has 0 aliphatic carbocycles. The molecule has 0 bridgehead atoms.